The van der Waals surface area contributed by atoms with Gasteiger partial charge in [-0.15, -0.1) is 0 Å². The van der Waals surface area contributed by atoms with Crippen LogP contribution in [0.5, 0.6) is 0 Å². The minimum absolute atomic E-state index is 0.237. The monoisotopic (exact) mass is 183 g/mol. The molecule has 0 saturated heterocycles. The smallest absolute Gasteiger partial charge is 0.310 e. The van der Waals surface area contributed by atoms with Gasteiger partial charge < -0.3 is 4.74 Å². The molecule has 1 rings (SSSR count). The second-order valence-electron chi connectivity index (χ2n) is 2.32. The lowest BCUT2D eigenvalue weighted by Gasteiger charge is -1.98. The standard InChI is InChI=1S/C9H8ClO2/c1-12-9(11)6-7-2-4-8(10)5-3-7/h2-5H,1,6H2. The first-order valence-corrected chi connectivity index (χ1v) is 3.79. The van der Waals surface area contributed by atoms with Gasteiger partial charge in [0.2, 0.25) is 0 Å². The topological polar surface area (TPSA) is 26.3 Å². The highest BCUT2D eigenvalue weighted by Crippen LogP contribution is 2.09. The summed E-state index contributed by atoms with van der Waals surface area (Å²) >= 11 is 5.65. The third-order valence-electron chi connectivity index (χ3n) is 1.42. The number of rotatable bonds is 2. The Hall–Kier alpha value is -1.02. The number of carbonyl (C=O) groups excluding carboxylic acids is 1. The van der Waals surface area contributed by atoms with Crippen LogP contribution in [-0.4, -0.2) is 5.97 Å². The van der Waals surface area contributed by atoms with Crippen molar-refractivity contribution in [2.24, 2.45) is 0 Å². The molecule has 0 atom stereocenters. The molecule has 2 nitrogen and oxygen atoms in total. The number of halogens is 1. The minimum atomic E-state index is -0.350. The van der Waals surface area contributed by atoms with Gasteiger partial charge in [-0.25, -0.2) is 0 Å². The minimum Gasteiger partial charge on any atom is -0.462 e. The quantitative estimate of drug-likeness (QED) is 0.658. The predicted molar refractivity (Wildman–Crippen MR) is 46.6 cm³/mol. The van der Waals surface area contributed by atoms with Crippen LogP contribution >= 0.6 is 11.6 Å². The summed E-state index contributed by atoms with van der Waals surface area (Å²) in [5.41, 5.74) is 0.869. The molecule has 1 radical (unpaired) electrons. The predicted octanol–water partition coefficient (Wildman–Crippen LogP) is 2.22. The maximum Gasteiger partial charge on any atom is 0.310 e. The number of hydrogen-bond acceptors (Lipinski definition) is 2. The molecule has 12 heavy (non-hydrogen) atoms. The average molecular weight is 184 g/mol. The van der Waals surface area contributed by atoms with Crippen molar-refractivity contribution >= 4 is 17.6 Å². The van der Waals surface area contributed by atoms with Crippen LogP contribution in [0.1, 0.15) is 5.56 Å². The normalized spacial score (nSPS) is 9.50. The Morgan fingerprint density at radius 1 is 1.42 bits per heavy atom. The summed E-state index contributed by atoms with van der Waals surface area (Å²) in [5, 5.41) is 0.654. The van der Waals surface area contributed by atoms with Crippen LogP contribution in [0.3, 0.4) is 0 Å². The maximum atomic E-state index is 10.7. The van der Waals surface area contributed by atoms with Crippen molar-refractivity contribution in [3.63, 3.8) is 0 Å². The van der Waals surface area contributed by atoms with Crippen molar-refractivity contribution in [3.8, 4) is 0 Å². The summed E-state index contributed by atoms with van der Waals surface area (Å²) in [4.78, 5) is 10.7. The molecule has 1 aromatic carbocycles. The number of esters is 1. The Labute approximate surface area is 76.1 Å². The van der Waals surface area contributed by atoms with E-state index < -0.39 is 0 Å². The van der Waals surface area contributed by atoms with Crippen molar-refractivity contribution in [3.05, 3.63) is 42.0 Å². The van der Waals surface area contributed by atoms with E-state index in [1.54, 1.807) is 24.3 Å². The summed E-state index contributed by atoms with van der Waals surface area (Å²) in [6.07, 6.45) is 0.237. The van der Waals surface area contributed by atoms with Crippen LogP contribution in [0.15, 0.2) is 24.3 Å². The lowest BCUT2D eigenvalue weighted by Crippen LogP contribution is -2.02. The number of carbonyl (C=O) groups is 1. The second kappa shape index (κ2) is 4.12. The van der Waals surface area contributed by atoms with E-state index in [1.807, 2.05) is 0 Å². The van der Waals surface area contributed by atoms with Crippen molar-refractivity contribution in [1.29, 1.82) is 0 Å². The number of hydrogen-bond donors (Lipinski definition) is 0. The molecular formula is C9H8ClO2. The molecular weight excluding hydrogens is 176 g/mol. The van der Waals surface area contributed by atoms with Gasteiger partial charge in [-0.05, 0) is 17.7 Å². The molecule has 0 heterocycles. The highest BCUT2D eigenvalue weighted by Gasteiger charge is 2.01. The molecule has 0 fully saturated rings. The lowest BCUT2D eigenvalue weighted by atomic mass is 10.2. The summed E-state index contributed by atoms with van der Waals surface area (Å²) in [5.74, 6) is -0.350. The molecule has 0 saturated carbocycles. The molecule has 63 valence electrons. The highest BCUT2D eigenvalue weighted by molar-refractivity contribution is 6.30. The van der Waals surface area contributed by atoms with E-state index in [9.17, 15) is 4.79 Å². The van der Waals surface area contributed by atoms with Gasteiger partial charge in [-0.1, -0.05) is 23.7 Å². The van der Waals surface area contributed by atoms with E-state index in [-0.39, 0.29) is 12.4 Å². The molecule has 0 spiro atoms. The van der Waals surface area contributed by atoms with Gasteiger partial charge in [0, 0.05) is 5.02 Å². The Morgan fingerprint density at radius 2 is 2.00 bits per heavy atom. The van der Waals surface area contributed by atoms with Crippen LogP contribution in [0.4, 0.5) is 0 Å². The van der Waals surface area contributed by atoms with Crippen molar-refractivity contribution in [2.45, 2.75) is 6.42 Å². The zero-order chi connectivity index (χ0) is 8.97. The van der Waals surface area contributed by atoms with Crippen LogP contribution in [-0.2, 0) is 16.0 Å². The van der Waals surface area contributed by atoms with E-state index in [1.165, 1.54) is 0 Å². The Balaban J connectivity index is 2.64. The largest absolute Gasteiger partial charge is 0.462 e. The van der Waals surface area contributed by atoms with Crippen LogP contribution in [0.25, 0.3) is 0 Å². The summed E-state index contributed by atoms with van der Waals surface area (Å²) in [7, 11) is 3.02. The van der Waals surface area contributed by atoms with Gasteiger partial charge in [0.25, 0.3) is 0 Å². The first-order chi connectivity index (χ1) is 5.72. The Bertz CT molecular complexity index is 266. The SMILES string of the molecule is [CH2]OC(=O)Cc1ccc(Cl)cc1. The third kappa shape index (κ3) is 2.55. The van der Waals surface area contributed by atoms with Crippen molar-refractivity contribution in [1.82, 2.24) is 0 Å². The van der Waals surface area contributed by atoms with Crippen LogP contribution in [0.2, 0.25) is 5.02 Å². The Morgan fingerprint density at radius 3 is 2.50 bits per heavy atom. The van der Waals surface area contributed by atoms with E-state index in [0.717, 1.165) is 5.56 Å². The van der Waals surface area contributed by atoms with Gasteiger partial charge >= 0.3 is 5.97 Å². The maximum absolute atomic E-state index is 10.7. The number of ether oxygens (including phenoxy) is 1. The lowest BCUT2D eigenvalue weighted by molar-refractivity contribution is -0.137. The van der Waals surface area contributed by atoms with Gasteiger partial charge in [-0.2, -0.15) is 0 Å². The molecule has 0 amide bonds. The van der Waals surface area contributed by atoms with Gasteiger partial charge in [0.15, 0.2) is 0 Å². The van der Waals surface area contributed by atoms with Crippen molar-refractivity contribution in [2.75, 3.05) is 0 Å². The zero-order valence-electron chi connectivity index (χ0n) is 6.42. The van der Waals surface area contributed by atoms with E-state index in [2.05, 4.69) is 11.8 Å². The summed E-state index contributed by atoms with van der Waals surface area (Å²) < 4.78 is 4.26. The summed E-state index contributed by atoms with van der Waals surface area (Å²) in [6.45, 7) is 0. The second-order valence-corrected chi connectivity index (χ2v) is 2.76. The first-order valence-electron chi connectivity index (χ1n) is 3.41. The van der Waals surface area contributed by atoms with Gasteiger partial charge in [0.1, 0.15) is 7.11 Å². The molecule has 1 aromatic rings. The van der Waals surface area contributed by atoms with Gasteiger partial charge in [0.05, 0.1) is 6.42 Å². The molecule has 0 N–H and O–H groups in total. The average Bonchev–Trinajstić information content (AvgIpc) is 2.09. The zero-order valence-corrected chi connectivity index (χ0v) is 7.17. The molecule has 0 aliphatic rings. The fourth-order valence-electron chi connectivity index (χ4n) is 0.820. The van der Waals surface area contributed by atoms with Gasteiger partial charge in [-0.3, -0.25) is 4.79 Å². The van der Waals surface area contributed by atoms with Crippen molar-refractivity contribution < 1.29 is 9.53 Å². The molecule has 0 aliphatic carbocycles. The molecule has 0 unspecified atom stereocenters. The highest BCUT2D eigenvalue weighted by atomic mass is 35.5. The fraction of sp³-hybridized carbons (Fsp3) is 0.111. The molecule has 0 aliphatic heterocycles. The van der Waals surface area contributed by atoms with Crippen LogP contribution in [0, 0.1) is 7.11 Å². The van der Waals surface area contributed by atoms with E-state index in [4.69, 9.17) is 11.6 Å². The molecule has 0 bridgehead atoms. The molecule has 3 heteroatoms. The van der Waals surface area contributed by atoms with E-state index >= 15 is 0 Å². The molecule has 0 aromatic heterocycles. The number of benzene rings is 1. The third-order valence-corrected chi connectivity index (χ3v) is 1.67. The van der Waals surface area contributed by atoms with Crippen LogP contribution < -0.4 is 0 Å². The Kier molecular flexibility index (Phi) is 3.11. The fourth-order valence-corrected chi connectivity index (χ4v) is 0.946. The summed E-state index contributed by atoms with van der Waals surface area (Å²) in [6, 6.07) is 7.01. The van der Waals surface area contributed by atoms with E-state index in [0.29, 0.717) is 5.02 Å². The first kappa shape index (κ1) is 9.07.